The Hall–Kier alpha value is -2.92. The molecule has 0 aliphatic heterocycles. The van der Waals surface area contributed by atoms with Crippen molar-refractivity contribution in [1.29, 1.82) is 0 Å². The highest BCUT2D eigenvalue weighted by atomic mass is 35.5. The maximum atomic E-state index is 13.8. The van der Waals surface area contributed by atoms with Crippen LogP contribution in [-0.2, 0) is 22.6 Å². The second-order valence-corrected chi connectivity index (χ2v) is 12.1. The summed E-state index contributed by atoms with van der Waals surface area (Å²) in [7, 11) is 3.18. The molecular formula is C29H38ClN3O7. The first-order chi connectivity index (χ1) is 18.6. The summed E-state index contributed by atoms with van der Waals surface area (Å²) < 4.78 is 0. The van der Waals surface area contributed by atoms with Crippen molar-refractivity contribution < 1.29 is 34.8 Å². The number of Topliss-reactive ketones (excluding diaryl/α,β-unsaturated/α-hetero) is 2. The van der Waals surface area contributed by atoms with Crippen LogP contribution in [0.15, 0.2) is 28.7 Å². The van der Waals surface area contributed by atoms with Gasteiger partial charge in [0.1, 0.15) is 22.8 Å². The zero-order valence-corrected chi connectivity index (χ0v) is 24.4. The Kier molecular flexibility index (Phi) is 7.87. The summed E-state index contributed by atoms with van der Waals surface area (Å²) in [6.07, 6.45) is 0.166. The number of fused-ring (bicyclic) bond motifs is 3. The molecule has 11 heteroatoms. The molecule has 1 amide bonds. The van der Waals surface area contributed by atoms with Crippen LogP contribution in [-0.4, -0.2) is 86.0 Å². The lowest BCUT2D eigenvalue weighted by atomic mass is 9.58. The SMILES string of the molecule is CCN(Cc1cc(O)c2c(c1Cl)C[C@H]1C[C@H]3[C@H](N(C)C)C(O)=C(C(N)=O)C(=O)[C@@]3(O)C(O)=C1C2=O)[C@@H](C)C(C)C. The molecule has 4 rings (SSSR count). The van der Waals surface area contributed by atoms with Gasteiger partial charge in [-0.3, -0.25) is 24.2 Å². The topological polar surface area (TPSA) is 165 Å². The third-order valence-corrected chi connectivity index (χ3v) is 9.52. The number of phenols is 1. The first-order valence-electron chi connectivity index (χ1n) is 13.5. The fourth-order valence-electron chi connectivity index (χ4n) is 6.65. The van der Waals surface area contributed by atoms with Crippen LogP contribution in [0, 0.1) is 17.8 Å². The van der Waals surface area contributed by atoms with E-state index in [2.05, 4.69) is 25.7 Å². The van der Waals surface area contributed by atoms with Crippen molar-refractivity contribution in [2.75, 3.05) is 20.6 Å². The van der Waals surface area contributed by atoms with E-state index < -0.39 is 58.0 Å². The number of primary amides is 1. The summed E-state index contributed by atoms with van der Waals surface area (Å²) in [5, 5.41) is 45.3. The Balaban J connectivity index is 1.86. The first kappa shape index (κ1) is 30.0. The zero-order chi connectivity index (χ0) is 30.0. The number of aromatic hydroxyl groups is 1. The smallest absolute Gasteiger partial charge is 0.255 e. The summed E-state index contributed by atoms with van der Waals surface area (Å²) in [6.45, 7) is 9.61. The average molecular weight is 576 g/mol. The van der Waals surface area contributed by atoms with E-state index in [0.29, 0.717) is 28.6 Å². The van der Waals surface area contributed by atoms with Crippen LogP contribution in [0.5, 0.6) is 5.75 Å². The largest absolute Gasteiger partial charge is 0.510 e. The number of aliphatic hydroxyl groups excluding tert-OH is 2. The molecule has 5 atom stereocenters. The third-order valence-electron chi connectivity index (χ3n) is 9.05. The number of hydrogen-bond acceptors (Lipinski definition) is 9. The lowest BCUT2D eigenvalue weighted by Gasteiger charge is -2.50. The number of allylic oxidation sites excluding steroid dienone is 1. The van der Waals surface area contributed by atoms with Crippen LogP contribution in [0.4, 0.5) is 0 Å². The Labute approximate surface area is 238 Å². The van der Waals surface area contributed by atoms with Crippen molar-refractivity contribution in [1.82, 2.24) is 9.80 Å². The number of ketones is 2. The molecule has 0 saturated carbocycles. The molecule has 0 aromatic heterocycles. The molecule has 0 radical (unpaired) electrons. The van der Waals surface area contributed by atoms with Gasteiger partial charge >= 0.3 is 0 Å². The number of likely N-dealkylation sites (N-methyl/N-ethyl adjacent to an activating group) is 1. The average Bonchev–Trinajstić information content (AvgIpc) is 2.86. The number of benzene rings is 1. The minimum Gasteiger partial charge on any atom is -0.510 e. The number of phenolic OH excluding ortho intramolecular Hbond substituents is 1. The normalized spacial score (nSPS) is 27.3. The van der Waals surface area contributed by atoms with Gasteiger partial charge in [-0.05, 0) is 69.4 Å². The lowest BCUT2D eigenvalue weighted by Crippen LogP contribution is -2.63. The van der Waals surface area contributed by atoms with Crippen LogP contribution in [0.3, 0.4) is 0 Å². The minimum atomic E-state index is -2.67. The van der Waals surface area contributed by atoms with E-state index in [1.807, 2.05) is 6.92 Å². The van der Waals surface area contributed by atoms with Gasteiger partial charge in [-0.2, -0.15) is 0 Å². The molecule has 6 N–H and O–H groups in total. The molecule has 40 heavy (non-hydrogen) atoms. The fourth-order valence-corrected chi connectivity index (χ4v) is 6.94. The number of carbonyl (C=O) groups is 3. The second-order valence-electron chi connectivity index (χ2n) is 11.7. The van der Waals surface area contributed by atoms with Gasteiger partial charge in [-0.25, -0.2) is 0 Å². The Morgan fingerprint density at radius 2 is 1.82 bits per heavy atom. The number of aliphatic hydroxyl groups is 3. The summed E-state index contributed by atoms with van der Waals surface area (Å²) in [6, 6.07) is 0.643. The standard InChI is InChI=1S/C29H38ClN3O7/c1-7-33(13(4)12(2)3)11-15-10-18(34)20-16(22(15)30)8-14-9-17-23(32(5)6)25(36)21(28(31)39)27(38)29(17,40)26(37)19(14)24(20)35/h10,12-14,17,23,34,36-37,40H,7-9,11H2,1-6H3,(H2,31,39)/t13-,14-,17-,23-,29-/m0/s1. The van der Waals surface area contributed by atoms with Crippen molar-refractivity contribution in [3.8, 4) is 5.75 Å². The van der Waals surface area contributed by atoms with E-state index in [4.69, 9.17) is 17.3 Å². The van der Waals surface area contributed by atoms with Crippen LogP contribution >= 0.6 is 11.6 Å². The Morgan fingerprint density at radius 1 is 1.20 bits per heavy atom. The molecule has 0 bridgehead atoms. The number of amides is 1. The molecule has 0 fully saturated rings. The Morgan fingerprint density at radius 3 is 2.35 bits per heavy atom. The quantitative estimate of drug-likeness (QED) is 0.307. The number of nitrogens with zero attached hydrogens (tertiary/aromatic N) is 2. The fraction of sp³-hybridized carbons (Fsp3) is 0.552. The molecule has 0 heterocycles. The van der Waals surface area contributed by atoms with Gasteiger partial charge in [0, 0.05) is 29.1 Å². The van der Waals surface area contributed by atoms with Crippen molar-refractivity contribution in [3.63, 3.8) is 0 Å². The van der Waals surface area contributed by atoms with Gasteiger partial charge in [-0.15, -0.1) is 0 Å². The number of halogens is 1. The van der Waals surface area contributed by atoms with Crippen LogP contribution in [0.2, 0.25) is 5.02 Å². The summed E-state index contributed by atoms with van der Waals surface area (Å²) in [5.41, 5.74) is 2.67. The summed E-state index contributed by atoms with van der Waals surface area (Å²) in [5.74, 6) is -6.46. The van der Waals surface area contributed by atoms with E-state index in [9.17, 15) is 34.8 Å². The summed E-state index contributed by atoms with van der Waals surface area (Å²) in [4.78, 5) is 43.0. The van der Waals surface area contributed by atoms with Gasteiger partial charge in [0.25, 0.3) is 5.91 Å². The number of nitrogens with two attached hydrogens (primary N) is 1. The van der Waals surface area contributed by atoms with E-state index in [-0.39, 0.29) is 35.8 Å². The molecule has 3 aliphatic rings. The first-order valence-corrected chi connectivity index (χ1v) is 13.9. The van der Waals surface area contributed by atoms with Crippen LogP contribution in [0.25, 0.3) is 0 Å². The maximum absolute atomic E-state index is 13.8. The molecule has 218 valence electrons. The molecule has 0 unspecified atom stereocenters. The van der Waals surface area contributed by atoms with Crippen molar-refractivity contribution >= 4 is 29.1 Å². The molecule has 0 spiro atoms. The van der Waals surface area contributed by atoms with Crippen molar-refractivity contribution in [3.05, 3.63) is 50.4 Å². The highest BCUT2D eigenvalue weighted by Crippen LogP contribution is 2.53. The number of carbonyl (C=O) groups excluding carboxylic acids is 3. The van der Waals surface area contributed by atoms with Gasteiger partial charge < -0.3 is 26.2 Å². The van der Waals surface area contributed by atoms with Gasteiger partial charge in [0.05, 0.1) is 11.6 Å². The number of hydrogen-bond donors (Lipinski definition) is 5. The van der Waals surface area contributed by atoms with Gasteiger partial charge in [-0.1, -0.05) is 32.4 Å². The molecular weight excluding hydrogens is 538 g/mol. The van der Waals surface area contributed by atoms with Crippen molar-refractivity contribution in [2.24, 2.45) is 23.5 Å². The van der Waals surface area contributed by atoms with Gasteiger partial charge in [0.15, 0.2) is 11.4 Å². The van der Waals surface area contributed by atoms with E-state index >= 15 is 0 Å². The lowest BCUT2D eigenvalue weighted by molar-refractivity contribution is -0.148. The van der Waals surface area contributed by atoms with Crippen LogP contribution < -0.4 is 5.73 Å². The minimum absolute atomic E-state index is 0.0124. The highest BCUT2D eigenvalue weighted by Gasteiger charge is 2.63. The summed E-state index contributed by atoms with van der Waals surface area (Å²) >= 11 is 6.88. The molecule has 1 aromatic carbocycles. The third kappa shape index (κ3) is 4.32. The molecule has 3 aliphatic carbocycles. The molecule has 0 saturated heterocycles. The molecule has 10 nitrogen and oxygen atoms in total. The maximum Gasteiger partial charge on any atom is 0.255 e. The van der Waals surface area contributed by atoms with E-state index in [1.54, 1.807) is 14.1 Å². The van der Waals surface area contributed by atoms with Crippen LogP contribution in [0.1, 0.15) is 55.6 Å². The van der Waals surface area contributed by atoms with Gasteiger partial charge in [0.2, 0.25) is 5.78 Å². The monoisotopic (exact) mass is 575 g/mol. The predicted molar refractivity (Wildman–Crippen MR) is 149 cm³/mol. The zero-order valence-electron chi connectivity index (χ0n) is 23.7. The van der Waals surface area contributed by atoms with E-state index in [0.717, 1.165) is 6.54 Å². The van der Waals surface area contributed by atoms with Crippen molar-refractivity contribution in [2.45, 2.75) is 64.8 Å². The number of rotatable bonds is 7. The van der Waals surface area contributed by atoms with E-state index in [1.165, 1.54) is 11.0 Å². The highest BCUT2D eigenvalue weighted by molar-refractivity contribution is 6.33. The second kappa shape index (κ2) is 10.5. The Bertz CT molecular complexity index is 1350. The predicted octanol–water partition coefficient (Wildman–Crippen LogP) is 2.64. The molecule has 1 aromatic rings.